The molecule has 0 saturated carbocycles. The quantitative estimate of drug-likeness (QED) is 0.0663. The molecule has 0 amide bonds. The number of ether oxygens (including phenoxy) is 2. The Morgan fingerprint density at radius 1 is 0.842 bits per heavy atom. The van der Waals surface area contributed by atoms with Gasteiger partial charge in [-0.15, -0.1) is 0 Å². The van der Waals surface area contributed by atoms with Gasteiger partial charge in [-0.1, -0.05) is 68.5 Å². The van der Waals surface area contributed by atoms with Crippen molar-refractivity contribution in [2.75, 3.05) is 36.1 Å². The van der Waals surface area contributed by atoms with E-state index < -0.39 is 31.4 Å². The Morgan fingerprint density at radius 3 is 2.23 bits per heavy atom. The van der Waals surface area contributed by atoms with E-state index in [9.17, 15) is 30.7 Å². The molecule has 3 aliphatic heterocycles. The number of para-hydroxylation sites is 2. The predicted octanol–water partition coefficient (Wildman–Crippen LogP) is 7.59. The van der Waals surface area contributed by atoms with Gasteiger partial charge in [0.25, 0.3) is 16.6 Å². The van der Waals surface area contributed by atoms with E-state index in [1.54, 1.807) is 12.1 Å². The van der Waals surface area contributed by atoms with Crippen LogP contribution in [0.3, 0.4) is 0 Å². The normalized spacial score (nSPS) is 19.0. The second kappa shape index (κ2) is 17.0. The molecule has 3 heterocycles. The fourth-order valence-electron chi connectivity index (χ4n) is 8.21. The number of anilines is 1. The number of hydrogen-bond acceptors (Lipinski definition) is 9. The minimum atomic E-state index is -4.31. The maximum absolute atomic E-state index is 11.4. The van der Waals surface area contributed by atoms with Crippen LogP contribution in [0.1, 0.15) is 76.5 Å². The summed E-state index contributed by atoms with van der Waals surface area (Å²) in [7, 11) is -8.36. The van der Waals surface area contributed by atoms with Crippen LogP contribution in [0.5, 0.6) is 5.75 Å². The molecule has 3 aromatic carbocycles. The van der Waals surface area contributed by atoms with Crippen LogP contribution in [0.25, 0.3) is 5.57 Å². The van der Waals surface area contributed by atoms with Gasteiger partial charge in [0.15, 0.2) is 5.71 Å². The Bertz CT molecular complexity index is 2390. The van der Waals surface area contributed by atoms with E-state index >= 15 is 0 Å². The molecule has 57 heavy (non-hydrogen) atoms. The number of unbranched alkanes of at least 4 members (excludes halogenated alkanes) is 2. The topological polar surface area (TPSA) is 153 Å². The molecule has 302 valence electrons. The van der Waals surface area contributed by atoms with Gasteiger partial charge in [0.05, 0.1) is 27.9 Å². The summed E-state index contributed by atoms with van der Waals surface area (Å²) in [6.45, 7) is 10.6. The van der Waals surface area contributed by atoms with Gasteiger partial charge in [0.2, 0.25) is 5.69 Å². The van der Waals surface area contributed by atoms with Crippen LogP contribution >= 0.6 is 0 Å². The van der Waals surface area contributed by atoms with E-state index in [1.165, 1.54) is 0 Å². The highest BCUT2D eigenvalue weighted by molar-refractivity contribution is 7.85. The van der Waals surface area contributed by atoms with Gasteiger partial charge in [0, 0.05) is 65.2 Å². The van der Waals surface area contributed by atoms with Crippen LogP contribution < -0.4 is 9.64 Å². The van der Waals surface area contributed by atoms with Crippen molar-refractivity contribution in [1.29, 1.82) is 0 Å². The first-order valence-corrected chi connectivity index (χ1v) is 22.4. The fraction of sp³-hybridized carbons (Fsp3) is 0.364. The van der Waals surface area contributed by atoms with Gasteiger partial charge in [-0.2, -0.15) is 13.0 Å². The lowest BCUT2D eigenvalue weighted by atomic mass is 9.81. The summed E-state index contributed by atoms with van der Waals surface area (Å²) in [6.07, 6.45) is 10.6. The van der Waals surface area contributed by atoms with Gasteiger partial charge in [0.1, 0.15) is 18.1 Å². The lowest BCUT2D eigenvalue weighted by Crippen LogP contribution is -2.28. The van der Waals surface area contributed by atoms with Crippen molar-refractivity contribution in [2.24, 2.45) is 0 Å². The summed E-state index contributed by atoms with van der Waals surface area (Å²) in [6, 6.07) is 23.6. The van der Waals surface area contributed by atoms with Crippen LogP contribution in [0.15, 0.2) is 114 Å². The van der Waals surface area contributed by atoms with E-state index in [-0.39, 0.29) is 17.6 Å². The third-order valence-electron chi connectivity index (χ3n) is 11.0. The Balaban J connectivity index is 1.43. The second-order valence-electron chi connectivity index (χ2n) is 15.6. The van der Waals surface area contributed by atoms with E-state index in [4.69, 9.17) is 9.47 Å². The summed E-state index contributed by atoms with van der Waals surface area (Å²) < 4.78 is 80.0. The van der Waals surface area contributed by atoms with Gasteiger partial charge in [-0.3, -0.25) is 9.35 Å². The number of nitrogens with zero attached hydrogens (tertiary/aromatic N) is 2. The van der Waals surface area contributed by atoms with Crippen molar-refractivity contribution in [3.05, 3.63) is 131 Å². The number of carbonyl (C=O) groups is 1. The maximum Gasteiger partial charge on any atom is 0.298 e. The SMILES string of the molecule is CC1(C)C(/C=C/C2=C(c3ccc(OC=O)cc3)C(=C/C=C3/N(CCCCS(=O)(=O)[O-])c4ccccc4C3(C)C)/OCC2)=[N+](CCCCS(=O)(=O)O)c2ccccc21. The molecule has 0 saturated heterocycles. The Labute approximate surface area is 336 Å². The molecule has 0 atom stereocenters. The lowest BCUT2D eigenvalue weighted by molar-refractivity contribution is -0.438. The highest BCUT2D eigenvalue weighted by Crippen LogP contribution is 2.48. The van der Waals surface area contributed by atoms with Gasteiger partial charge >= 0.3 is 0 Å². The van der Waals surface area contributed by atoms with Crippen molar-refractivity contribution in [2.45, 2.75) is 70.6 Å². The molecule has 11 nitrogen and oxygen atoms in total. The molecule has 1 N–H and O–H groups in total. The van der Waals surface area contributed by atoms with E-state index in [1.807, 2.05) is 42.5 Å². The largest absolute Gasteiger partial charge is 0.748 e. The van der Waals surface area contributed by atoms with Crippen molar-refractivity contribution >= 4 is 49.4 Å². The van der Waals surface area contributed by atoms with Crippen LogP contribution in [0, 0.1) is 0 Å². The Hall–Kier alpha value is -4.82. The second-order valence-corrected chi connectivity index (χ2v) is 18.7. The number of rotatable bonds is 16. The van der Waals surface area contributed by atoms with Crippen molar-refractivity contribution in [3.63, 3.8) is 0 Å². The zero-order chi connectivity index (χ0) is 41.0. The Morgan fingerprint density at radius 2 is 1.53 bits per heavy atom. The number of hydrogen-bond donors (Lipinski definition) is 1. The summed E-state index contributed by atoms with van der Waals surface area (Å²) in [5.74, 6) is 0.371. The minimum Gasteiger partial charge on any atom is -0.748 e. The summed E-state index contributed by atoms with van der Waals surface area (Å²) >= 11 is 0. The molecule has 0 fully saturated rings. The van der Waals surface area contributed by atoms with E-state index in [0.717, 1.165) is 50.6 Å². The van der Waals surface area contributed by atoms with Gasteiger partial charge in [-0.25, -0.2) is 8.42 Å². The lowest BCUT2D eigenvalue weighted by Gasteiger charge is -2.28. The molecule has 3 aliphatic rings. The maximum atomic E-state index is 11.4. The third-order valence-corrected chi connectivity index (χ3v) is 12.6. The van der Waals surface area contributed by atoms with E-state index in [0.29, 0.717) is 63.4 Å². The van der Waals surface area contributed by atoms with Crippen molar-refractivity contribution < 1.29 is 44.8 Å². The summed E-state index contributed by atoms with van der Waals surface area (Å²) in [5.41, 5.74) is 8.49. The Kier molecular flexibility index (Phi) is 12.4. The summed E-state index contributed by atoms with van der Waals surface area (Å²) in [5, 5.41) is 0. The number of benzene rings is 3. The van der Waals surface area contributed by atoms with Crippen LogP contribution in [0.2, 0.25) is 0 Å². The van der Waals surface area contributed by atoms with Gasteiger partial charge in [-0.05, 0) is 80.2 Å². The highest BCUT2D eigenvalue weighted by atomic mass is 32.2. The molecule has 0 aliphatic carbocycles. The number of fused-ring (bicyclic) bond motifs is 2. The first kappa shape index (κ1) is 41.8. The summed E-state index contributed by atoms with van der Waals surface area (Å²) in [4.78, 5) is 13.3. The smallest absolute Gasteiger partial charge is 0.298 e. The molecule has 0 spiro atoms. The minimum absolute atomic E-state index is 0.262. The van der Waals surface area contributed by atoms with Crippen molar-refractivity contribution in [3.8, 4) is 5.75 Å². The zero-order valence-electron chi connectivity index (χ0n) is 32.8. The molecule has 0 unspecified atom stereocenters. The van der Waals surface area contributed by atoms with Crippen LogP contribution in [0.4, 0.5) is 11.4 Å². The molecular formula is C44H50N2O9S2. The van der Waals surface area contributed by atoms with E-state index in [2.05, 4.69) is 79.7 Å². The molecular weight excluding hydrogens is 765 g/mol. The highest BCUT2D eigenvalue weighted by Gasteiger charge is 2.44. The fourth-order valence-corrected chi connectivity index (χ4v) is 9.34. The zero-order valence-corrected chi connectivity index (χ0v) is 34.4. The number of carbonyl (C=O) groups excluding carboxylic acids is 1. The third kappa shape index (κ3) is 9.50. The monoisotopic (exact) mass is 814 g/mol. The molecule has 0 bridgehead atoms. The first-order valence-electron chi connectivity index (χ1n) is 19.2. The molecule has 0 radical (unpaired) electrons. The standard InChI is InChI=1S/C44H50N2O9S2/c1-43(2)35-13-5-7-15-37(35)45(26-9-11-29-56(48,49)50)40(43)23-19-33-25-28-54-39(42(33)32-17-20-34(21-18-32)55-31-47)22-24-41-44(3,4)36-14-6-8-16-38(36)46(41)27-10-12-30-57(51,52)53/h5-8,13-24,31H,9-12,25-30H2,1-4H3,(H-,48,49,50,51,52,53). The molecule has 6 rings (SSSR count). The van der Waals surface area contributed by atoms with Crippen LogP contribution in [-0.4, -0.2) is 73.9 Å². The predicted molar refractivity (Wildman–Crippen MR) is 221 cm³/mol. The van der Waals surface area contributed by atoms with Crippen molar-refractivity contribution in [1.82, 2.24) is 0 Å². The molecule has 0 aromatic heterocycles. The average molecular weight is 815 g/mol. The average Bonchev–Trinajstić information content (AvgIpc) is 3.51. The number of allylic oxidation sites excluding steroid dienone is 6. The van der Waals surface area contributed by atoms with Crippen LogP contribution in [-0.2, 0) is 40.6 Å². The molecule has 3 aromatic rings. The first-order chi connectivity index (χ1) is 27.0. The molecule has 13 heteroatoms. The van der Waals surface area contributed by atoms with Gasteiger partial charge < -0.3 is 18.9 Å².